The van der Waals surface area contributed by atoms with Gasteiger partial charge in [-0.25, -0.2) is 0 Å². The van der Waals surface area contributed by atoms with E-state index in [1.54, 1.807) is 0 Å². The van der Waals surface area contributed by atoms with Crippen LogP contribution in [0.1, 0.15) is 16.7 Å². The van der Waals surface area contributed by atoms with Crippen LogP contribution in [-0.4, -0.2) is 4.57 Å². The van der Waals surface area contributed by atoms with Crippen molar-refractivity contribution in [2.24, 2.45) is 0 Å². The van der Waals surface area contributed by atoms with Crippen molar-refractivity contribution in [3.8, 4) is 34.0 Å². The normalized spacial score (nSPS) is 11.1. The molecule has 0 aliphatic rings. The molecule has 2 nitrogen and oxygen atoms in total. The average Bonchev–Trinajstić information content (AvgIpc) is 3.23. The van der Waals surface area contributed by atoms with Crippen LogP contribution in [0.2, 0.25) is 0 Å². The van der Waals surface area contributed by atoms with Gasteiger partial charge in [0.05, 0.1) is 22.7 Å². The summed E-state index contributed by atoms with van der Waals surface area (Å²) in [4.78, 5) is 0. The number of para-hydroxylation sites is 1. The number of nitrogens with zero attached hydrogens (tertiary/aromatic N) is 2. The maximum atomic E-state index is 9.21. The molecule has 0 aliphatic carbocycles. The monoisotopic (exact) mass is 448 g/mol. The highest BCUT2D eigenvalue weighted by molar-refractivity contribution is 6.10. The van der Waals surface area contributed by atoms with Crippen LogP contribution in [0.4, 0.5) is 0 Å². The number of nitriles is 1. The molecule has 1 heterocycles. The Balaban J connectivity index is 1.55. The molecule has 5 aromatic carbocycles. The van der Waals surface area contributed by atoms with Gasteiger partial charge in [-0.1, -0.05) is 60.7 Å². The first-order chi connectivity index (χ1) is 17.1. The van der Waals surface area contributed by atoms with Crippen LogP contribution in [0.5, 0.6) is 0 Å². The molecule has 1 aromatic heterocycles. The van der Waals surface area contributed by atoms with Gasteiger partial charge >= 0.3 is 0 Å². The number of hydrogen-bond donors (Lipinski definition) is 0. The minimum Gasteiger partial charge on any atom is -0.309 e. The van der Waals surface area contributed by atoms with Crippen LogP contribution in [0.15, 0.2) is 109 Å². The lowest BCUT2D eigenvalue weighted by Gasteiger charge is -2.12. The summed E-state index contributed by atoms with van der Waals surface area (Å²) in [6, 6.07) is 40.6. The molecule has 6 rings (SSSR count). The average molecular weight is 449 g/mol. The van der Waals surface area contributed by atoms with E-state index in [4.69, 9.17) is 0 Å². The van der Waals surface area contributed by atoms with E-state index in [0.717, 1.165) is 16.7 Å². The number of benzene rings is 5. The fraction of sp³-hybridized carbons (Fsp3) is 0.0606. The molecule has 6 aromatic rings. The van der Waals surface area contributed by atoms with Crippen LogP contribution < -0.4 is 0 Å². The van der Waals surface area contributed by atoms with Gasteiger partial charge in [0, 0.05) is 16.5 Å². The Bertz CT molecular complexity index is 1760. The molecule has 0 saturated carbocycles. The van der Waals surface area contributed by atoms with Crippen molar-refractivity contribution < 1.29 is 0 Å². The van der Waals surface area contributed by atoms with Gasteiger partial charge in [0.2, 0.25) is 0 Å². The zero-order chi connectivity index (χ0) is 23.9. The van der Waals surface area contributed by atoms with Gasteiger partial charge in [-0.2, -0.15) is 5.26 Å². The summed E-state index contributed by atoms with van der Waals surface area (Å²) in [5.74, 6) is 0. The third kappa shape index (κ3) is 3.50. The van der Waals surface area contributed by atoms with E-state index < -0.39 is 0 Å². The van der Waals surface area contributed by atoms with E-state index >= 15 is 0 Å². The van der Waals surface area contributed by atoms with Crippen LogP contribution in [0.3, 0.4) is 0 Å². The minimum atomic E-state index is 0.667. The summed E-state index contributed by atoms with van der Waals surface area (Å²) in [5.41, 5.74) is 11.6. The number of aromatic nitrogens is 1. The van der Waals surface area contributed by atoms with Gasteiger partial charge in [0.25, 0.3) is 0 Å². The smallest absolute Gasteiger partial charge is 0.0991 e. The second-order valence-corrected chi connectivity index (χ2v) is 9.09. The summed E-state index contributed by atoms with van der Waals surface area (Å²) in [5, 5.41) is 11.7. The summed E-state index contributed by atoms with van der Waals surface area (Å²) >= 11 is 0. The Hall–Kier alpha value is -4.61. The topological polar surface area (TPSA) is 28.7 Å². The number of aryl methyl sites for hydroxylation is 2. The van der Waals surface area contributed by atoms with Crippen molar-refractivity contribution >= 4 is 21.8 Å². The number of hydrogen-bond acceptors (Lipinski definition) is 1. The summed E-state index contributed by atoms with van der Waals surface area (Å²) < 4.78 is 2.28. The Morgan fingerprint density at radius 1 is 0.571 bits per heavy atom. The highest BCUT2D eigenvalue weighted by Crippen LogP contribution is 2.36. The largest absolute Gasteiger partial charge is 0.309 e. The highest BCUT2D eigenvalue weighted by Gasteiger charge is 2.14. The minimum absolute atomic E-state index is 0.667. The van der Waals surface area contributed by atoms with Crippen LogP contribution in [0, 0.1) is 25.2 Å². The first kappa shape index (κ1) is 21.0. The van der Waals surface area contributed by atoms with E-state index in [1.807, 2.05) is 24.3 Å². The lowest BCUT2D eigenvalue weighted by molar-refractivity contribution is 1.18. The zero-order valence-corrected chi connectivity index (χ0v) is 19.8. The van der Waals surface area contributed by atoms with Crippen molar-refractivity contribution in [1.29, 1.82) is 5.26 Å². The molecule has 0 amide bonds. The standard InChI is InChI=1S/C33H24N2/c1-22-7-3-4-8-28(22)30-19-25(14-11-23(30)2)26-15-18-33-31(20-26)29-9-5-6-10-32(29)35(33)27-16-12-24(21-34)13-17-27/h3-20H,1-2H3. The SMILES string of the molecule is Cc1ccccc1-c1cc(-c2ccc3c(c2)c2ccccc2n3-c2ccc(C#N)cc2)ccc1C. The fourth-order valence-electron chi connectivity index (χ4n) is 5.08. The third-order valence-electron chi connectivity index (χ3n) is 6.93. The Morgan fingerprint density at radius 2 is 1.23 bits per heavy atom. The van der Waals surface area contributed by atoms with E-state index in [-0.39, 0.29) is 0 Å². The van der Waals surface area contributed by atoms with Crippen LogP contribution >= 0.6 is 0 Å². The molecule has 0 N–H and O–H groups in total. The molecule has 0 unspecified atom stereocenters. The molecular formula is C33H24N2. The molecular weight excluding hydrogens is 424 g/mol. The molecule has 0 spiro atoms. The predicted octanol–water partition coefficient (Wildman–Crippen LogP) is 8.61. The van der Waals surface area contributed by atoms with Crippen molar-refractivity contribution in [2.45, 2.75) is 13.8 Å². The van der Waals surface area contributed by atoms with Gasteiger partial charge in [-0.3, -0.25) is 0 Å². The molecule has 166 valence electrons. The Morgan fingerprint density at radius 3 is 2.03 bits per heavy atom. The van der Waals surface area contributed by atoms with Gasteiger partial charge in [-0.05, 0) is 95.8 Å². The number of rotatable bonds is 3. The van der Waals surface area contributed by atoms with E-state index in [9.17, 15) is 5.26 Å². The zero-order valence-electron chi connectivity index (χ0n) is 19.8. The summed E-state index contributed by atoms with van der Waals surface area (Å²) in [6.45, 7) is 4.35. The van der Waals surface area contributed by atoms with E-state index in [1.165, 1.54) is 44.2 Å². The van der Waals surface area contributed by atoms with Crippen molar-refractivity contribution in [2.75, 3.05) is 0 Å². The Kier molecular flexibility index (Phi) is 4.98. The first-order valence-corrected chi connectivity index (χ1v) is 11.8. The summed E-state index contributed by atoms with van der Waals surface area (Å²) in [6.07, 6.45) is 0. The number of fused-ring (bicyclic) bond motifs is 3. The van der Waals surface area contributed by atoms with Crippen LogP contribution in [-0.2, 0) is 0 Å². The highest BCUT2D eigenvalue weighted by atomic mass is 15.0. The molecule has 0 saturated heterocycles. The van der Waals surface area contributed by atoms with Gasteiger partial charge in [-0.15, -0.1) is 0 Å². The molecule has 0 radical (unpaired) electrons. The quantitative estimate of drug-likeness (QED) is 0.266. The van der Waals surface area contributed by atoms with Gasteiger partial charge < -0.3 is 4.57 Å². The first-order valence-electron chi connectivity index (χ1n) is 11.8. The van der Waals surface area contributed by atoms with Crippen molar-refractivity contribution in [3.05, 3.63) is 126 Å². The molecule has 0 fully saturated rings. The third-order valence-corrected chi connectivity index (χ3v) is 6.93. The molecule has 0 bridgehead atoms. The second-order valence-electron chi connectivity index (χ2n) is 9.09. The lowest BCUT2D eigenvalue weighted by Crippen LogP contribution is -1.93. The van der Waals surface area contributed by atoms with Gasteiger partial charge in [0.1, 0.15) is 0 Å². The predicted molar refractivity (Wildman–Crippen MR) is 146 cm³/mol. The maximum Gasteiger partial charge on any atom is 0.0991 e. The molecule has 0 aliphatic heterocycles. The molecule has 0 atom stereocenters. The van der Waals surface area contributed by atoms with Gasteiger partial charge in [0.15, 0.2) is 0 Å². The summed E-state index contributed by atoms with van der Waals surface area (Å²) in [7, 11) is 0. The Labute approximate surface area is 205 Å². The molecule has 2 heteroatoms. The fourth-order valence-corrected chi connectivity index (χ4v) is 5.08. The molecule has 35 heavy (non-hydrogen) atoms. The van der Waals surface area contributed by atoms with Crippen LogP contribution in [0.25, 0.3) is 49.7 Å². The maximum absolute atomic E-state index is 9.21. The van der Waals surface area contributed by atoms with E-state index in [0.29, 0.717) is 5.56 Å². The van der Waals surface area contributed by atoms with E-state index in [2.05, 4.69) is 109 Å². The van der Waals surface area contributed by atoms with Crippen molar-refractivity contribution in [1.82, 2.24) is 4.57 Å². The van der Waals surface area contributed by atoms with Crippen molar-refractivity contribution in [3.63, 3.8) is 0 Å². The second kappa shape index (κ2) is 8.31. The lowest BCUT2D eigenvalue weighted by atomic mass is 9.92.